The average Bonchev–Trinajstić information content (AvgIpc) is 3.10. The fraction of sp³-hybridized carbons (Fsp3) is 0.450. The second-order valence-corrected chi connectivity index (χ2v) is 7.92. The van der Waals surface area contributed by atoms with E-state index in [1.165, 1.54) is 10.6 Å². The molecule has 160 valence electrons. The second-order valence-electron chi connectivity index (χ2n) is 7.52. The quantitative estimate of drug-likeness (QED) is 0.664. The number of imidazole rings is 1. The van der Waals surface area contributed by atoms with Crippen molar-refractivity contribution >= 4 is 28.7 Å². The number of aromatic nitrogens is 4. The van der Waals surface area contributed by atoms with Crippen LogP contribution in [0, 0.1) is 5.82 Å². The number of nitrogens with zero attached hydrogens (tertiary/aromatic N) is 5. The van der Waals surface area contributed by atoms with Crippen molar-refractivity contribution in [2.45, 2.75) is 26.4 Å². The van der Waals surface area contributed by atoms with E-state index in [1.54, 1.807) is 19.2 Å². The maximum absolute atomic E-state index is 14.1. The van der Waals surface area contributed by atoms with Gasteiger partial charge >= 0.3 is 5.69 Å². The molecule has 1 aliphatic rings. The van der Waals surface area contributed by atoms with E-state index in [4.69, 9.17) is 11.6 Å². The molecule has 0 atom stereocenters. The predicted molar refractivity (Wildman–Crippen MR) is 115 cm³/mol. The number of benzene rings is 1. The summed E-state index contributed by atoms with van der Waals surface area (Å²) in [4.78, 5) is 35.7. The van der Waals surface area contributed by atoms with Crippen molar-refractivity contribution in [3.8, 4) is 0 Å². The number of H-pyrrole nitrogens is 1. The van der Waals surface area contributed by atoms with E-state index in [1.807, 2.05) is 11.5 Å². The molecule has 0 unspecified atom stereocenters. The molecule has 10 heteroatoms. The van der Waals surface area contributed by atoms with Gasteiger partial charge in [0.1, 0.15) is 5.82 Å². The molecule has 0 aliphatic carbocycles. The standard InChI is InChI=1S/C20H24ClFN6O2/c1-3-7-28-16-17(25(2)20(30)24-18(16)29)23-19(28)27-10-8-26(9-11-27)12-13-14(21)5-4-6-15(13)22/h4-6H,3,7-12H2,1-2H3,(H,24,29,30). The Balaban J connectivity index is 1.60. The number of aromatic amines is 1. The van der Waals surface area contributed by atoms with E-state index in [2.05, 4.69) is 19.8 Å². The summed E-state index contributed by atoms with van der Waals surface area (Å²) in [6.45, 7) is 5.85. The van der Waals surface area contributed by atoms with Crippen LogP contribution in [-0.4, -0.2) is 50.2 Å². The number of fused-ring (bicyclic) bond motifs is 1. The van der Waals surface area contributed by atoms with Gasteiger partial charge in [-0.25, -0.2) is 9.18 Å². The number of hydrogen-bond donors (Lipinski definition) is 1. The van der Waals surface area contributed by atoms with Gasteiger partial charge in [0.2, 0.25) is 5.95 Å². The number of nitrogens with one attached hydrogen (secondary N) is 1. The van der Waals surface area contributed by atoms with Gasteiger partial charge in [-0.1, -0.05) is 24.6 Å². The second kappa shape index (κ2) is 8.23. The molecular formula is C20H24ClFN6O2. The van der Waals surface area contributed by atoms with Gasteiger partial charge in [0.05, 0.1) is 0 Å². The molecule has 1 fully saturated rings. The van der Waals surface area contributed by atoms with Crippen LogP contribution in [0.5, 0.6) is 0 Å². The minimum absolute atomic E-state index is 0.296. The maximum Gasteiger partial charge on any atom is 0.329 e. The van der Waals surface area contributed by atoms with Gasteiger partial charge < -0.3 is 9.47 Å². The van der Waals surface area contributed by atoms with Gasteiger partial charge in [-0.3, -0.25) is 19.2 Å². The molecule has 0 radical (unpaired) electrons. The highest BCUT2D eigenvalue weighted by molar-refractivity contribution is 6.31. The monoisotopic (exact) mass is 434 g/mol. The molecule has 0 spiro atoms. The number of hydrogen-bond acceptors (Lipinski definition) is 5. The zero-order valence-corrected chi connectivity index (χ0v) is 17.7. The minimum atomic E-state index is -0.480. The van der Waals surface area contributed by atoms with Gasteiger partial charge in [0.15, 0.2) is 11.2 Å². The van der Waals surface area contributed by atoms with Crippen LogP contribution >= 0.6 is 11.6 Å². The van der Waals surface area contributed by atoms with Gasteiger partial charge in [-0.15, -0.1) is 0 Å². The van der Waals surface area contributed by atoms with Crippen LogP contribution < -0.4 is 16.1 Å². The number of piperazine rings is 1. The Morgan fingerprint density at radius 3 is 2.60 bits per heavy atom. The molecule has 4 rings (SSSR count). The van der Waals surface area contributed by atoms with E-state index in [0.717, 1.165) is 6.42 Å². The van der Waals surface area contributed by atoms with Crippen molar-refractivity contribution in [2.75, 3.05) is 31.1 Å². The van der Waals surface area contributed by atoms with E-state index < -0.39 is 11.2 Å². The summed E-state index contributed by atoms with van der Waals surface area (Å²) in [6.07, 6.45) is 0.826. The lowest BCUT2D eigenvalue weighted by Crippen LogP contribution is -2.47. The highest BCUT2D eigenvalue weighted by Gasteiger charge is 2.25. The Morgan fingerprint density at radius 1 is 1.20 bits per heavy atom. The Bertz CT molecular complexity index is 1170. The number of halogens is 2. The zero-order valence-electron chi connectivity index (χ0n) is 17.0. The maximum atomic E-state index is 14.1. The lowest BCUT2D eigenvalue weighted by Gasteiger charge is -2.35. The van der Waals surface area contributed by atoms with Gasteiger partial charge in [-0.05, 0) is 18.6 Å². The Hall–Kier alpha value is -2.65. The van der Waals surface area contributed by atoms with Crippen LogP contribution in [0.25, 0.3) is 11.2 Å². The first-order valence-corrected chi connectivity index (χ1v) is 10.4. The number of rotatable bonds is 5. The topological polar surface area (TPSA) is 79.2 Å². The molecule has 2 aromatic heterocycles. The summed E-state index contributed by atoms with van der Waals surface area (Å²) < 4.78 is 17.4. The van der Waals surface area contributed by atoms with E-state index >= 15 is 0 Å². The molecule has 3 heterocycles. The van der Waals surface area contributed by atoms with Gasteiger partial charge in [0.25, 0.3) is 5.56 Å². The van der Waals surface area contributed by atoms with Crippen LogP contribution in [0.2, 0.25) is 5.02 Å². The molecule has 1 aromatic carbocycles. The largest absolute Gasteiger partial charge is 0.340 e. The average molecular weight is 435 g/mol. The lowest BCUT2D eigenvalue weighted by atomic mass is 10.2. The zero-order chi connectivity index (χ0) is 21.4. The minimum Gasteiger partial charge on any atom is -0.340 e. The van der Waals surface area contributed by atoms with Crippen LogP contribution in [0.15, 0.2) is 27.8 Å². The van der Waals surface area contributed by atoms with Crippen LogP contribution in [0.3, 0.4) is 0 Å². The molecule has 8 nitrogen and oxygen atoms in total. The first kappa shape index (κ1) is 20.6. The van der Waals surface area contributed by atoms with E-state index in [0.29, 0.717) is 67.0 Å². The molecule has 1 N–H and O–H groups in total. The summed E-state index contributed by atoms with van der Waals surface area (Å²) in [5, 5.41) is 0.433. The Kier molecular flexibility index (Phi) is 5.66. The van der Waals surface area contributed by atoms with Crippen molar-refractivity contribution in [1.29, 1.82) is 0 Å². The number of aryl methyl sites for hydroxylation is 2. The molecule has 1 saturated heterocycles. The first-order valence-electron chi connectivity index (χ1n) is 10.0. The molecule has 1 aliphatic heterocycles. The highest BCUT2D eigenvalue weighted by Crippen LogP contribution is 2.24. The molecule has 0 amide bonds. The third kappa shape index (κ3) is 3.63. The fourth-order valence-electron chi connectivity index (χ4n) is 3.91. The Morgan fingerprint density at radius 2 is 1.93 bits per heavy atom. The van der Waals surface area contributed by atoms with Gasteiger partial charge in [0, 0.05) is 56.9 Å². The van der Waals surface area contributed by atoms with Crippen molar-refractivity contribution in [1.82, 2.24) is 24.0 Å². The van der Waals surface area contributed by atoms with Crippen molar-refractivity contribution in [3.05, 3.63) is 55.4 Å². The normalized spacial score (nSPS) is 15.3. The lowest BCUT2D eigenvalue weighted by molar-refractivity contribution is 0.245. The predicted octanol–water partition coefficient (Wildman–Crippen LogP) is 1.95. The third-order valence-electron chi connectivity index (χ3n) is 5.53. The summed E-state index contributed by atoms with van der Waals surface area (Å²) in [6, 6.07) is 4.73. The summed E-state index contributed by atoms with van der Waals surface area (Å²) in [5.74, 6) is 0.386. The van der Waals surface area contributed by atoms with Crippen LogP contribution in [-0.2, 0) is 20.1 Å². The van der Waals surface area contributed by atoms with E-state index in [-0.39, 0.29) is 5.82 Å². The molecule has 30 heavy (non-hydrogen) atoms. The number of anilines is 1. The molecule has 3 aromatic rings. The van der Waals surface area contributed by atoms with Gasteiger partial charge in [-0.2, -0.15) is 4.98 Å². The van der Waals surface area contributed by atoms with Crippen molar-refractivity contribution in [3.63, 3.8) is 0 Å². The van der Waals surface area contributed by atoms with Crippen LogP contribution in [0.1, 0.15) is 18.9 Å². The highest BCUT2D eigenvalue weighted by atomic mass is 35.5. The van der Waals surface area contributed by atoms with E-state index in [9.17, 15) is 14.0 Å². The third-order valence-corrected chi connectivity index (χ3v) is 5.89. The summed E-state index contributed by atoms with van der Waals surface area (Å²) in [7, 11) is 1.60. The molecular weight excluding hydrogens is 411 g/mol. The Labute approximate surface area is 177 Å². The van der Waals surface area contributed by atoms with Crippen molar-refractivity contribution < 1.29 is 4.39 Å². The molecule has 0 bridgehead atoms. The smallest absolute Gasteiger partial charge is 0.329 e. The fourth-order valence-corrected chi connectivity index (χ4v) is 4.14. The summed E-state index contributed by atoms with van der Waals surface area (Å²) >= 11 is 6.17. The first-order chi connectivity index (χ1) is 14.4. The summed E-state index contributed by atoms with van der Waals surface area (Å²) in [5.41, 5.74) is 0.398. The molecule has 0 saturated carbocycles. The SMILES string of the molecule is CCCn1c(N2CCN(Cc3c(F)cccc3Cl)CC2)nc2c1c(=O)[nH]c(=O)n2C. The van der Waals surface area contributed by atoms with Crippen molar-refractivity contribution in [2.24, 2.45) is 7.05 Å². The van der Waals surface area contributed by atoms with Crippen LogP contribution in [0.4, 0.5) is 10.3 Å².